The van der Waals surface area contributed by atoms with Gasteiger partial charge in [0.1, 0.15) is 5.75 Å². The number of carbonyl (C=O) groups is 1. The van der Waals surface area contributed by atoms with E-state index in [9.17, 15) is 13.2 Å². The van der Waals surface area contributed by atoms with Crippen LogP contribution in [0.4, 0.5) is 0 Å². The fourth-order valence-electron chi connectivity index (χ4n) is 3.37. The van der Waals surface area contributed by atoms with E-state index in [4.69, 9.17) is 21.1 Å². The molecular formula is C22H28ClN3O5S. The number of halogens is 1. The van der Waals surface area contributed by atoms with Crippen LogP contribution in [-0.4, -0.2) is 65.7 Å². The van der Waals surface area contributed by atoms with E-state index in [2.05, 4.69) is 14.9 Å². The predicted molar refractivity (Wildman–Crippen MR) is 122 cm³/mol. The first-order valence-corrected chi connectivity index (χ1v) is 12.2. The largest absolute Gasteiger partial charge is 0.497 e. The highest BCUT2D eigenvalue weighted by Gasteiger charge is 2.24. The molecule has 1 atom stereocenters. The van der Waals surface area contributed by atoms with Crippen LogP contribution < -0.4 is 14.8 Å². The van der Waals surface area contributed by atoms with E-state index in [0.717, 1.165) is 19.6 Å². The lowest BCUT2D eigenvalue weighted by Gasteiger charge is -2.26. The molecule has 2 N–H and O–H groups in total. The lowest BCUT2D eigenvalue weighted by Crippen LogP contribution is -2.42. The van der Waals surface area contributed by atoms with Gasteiger partial charge in [-0.15, -0.1) is 0 Å². The molecule has 0 aromatic heterocycles. The molecule has 0 spiro atoms. The van der Waals surface area contributed by atoms with Crippen LogP contribution in [0, 0.1) is 0 Å². The van der Waals surface area contributed by atoms with Crippen LogP contribution >= 0.6 is 11.6 Å². The van der Waals surface area contributed by atoms with Gasteiger partial charge in [0.2, 0.25) is 15.9 Å². The Morgan fingerprint density at radius 1 is 1.12 bits per heavy atom. The summed E-state index contributed by atoms with van der Waals surface area (Å²) in [7, 11) is -2.31. The van der Waals surface area contributed by atoms with Gasteiger partial charge in [0.25, 0.3) is 0 Å². The van der Waals surface area contributed by atoms with Gasteiger partial charge in [0.15, 0.2) is 0 Å². The second-order valence-corrected chi connectivity index (χ2v) is 9.56. The molecule has 32 heavy (non-hydrogen) atoms. The van der Waals surface area contributed by atoms with Gasteiger partial charge in [-0.05, 0) is 42.0 Å². The van der Waals surface area contributed by atoms with Crippen molar-refractivity contribution in [2.45, 2.75) is 17.4 Å². The normalized spacial score (nSPS) is 15.8. The van der Waals surface area contributed by atoms with Crippen molar-refractivity contribution < 1.29 is 22.7 Å². The van der Waals surface area contributed by atoms with Gasteiger partial charge in [-0.3, -0.25) is 9.69 Å². The Morgan fingerprint density at radius 3 is 2.41 bits per heavy atom. The maximum absolute atomic E-state index is 12.9. The number of hydrogen-bond donors (Lipinski definition) is 2. The molecule has 174 valence electrons. The predicted octanol–water partition coefficient (Wildman–Crippen LogP) is 2.21. The summed E-state index contributed by atoms with van der Waals surface area (Å²) < 4.78 is 39.0. The van der Waals surface area contributed by atoms with Crippen LogP contribution in [0.2, 0.25) is 5.02 Å². The number of nitrogens with zero attached hydrogens (tertiary/aromatic N) is 1. The molecule has 0 unspecified atom stereocenters. The van der Waals surface area contributed by atoms with Crippen molar-refractivity contribution in [3.05, 3.63) is 59.1 Å². The average Bonchev–Trinajstić information content (AvgIpc) is 2.79. The van der Waals surface area contributed by atoms with Gasteiger partial charge >= 0.3 is 0 Å². The number of amides is 1. The van der Waals surface area contributed by atoms with Crippen molar-refractivity contribution in [2.24, 2.45) is 0 Å². The monoisotopic (exact) mass is 481 g/mol. The molecule has 1 heterocycles. The molecule has 0 bridgehead atoms. The van der Waals surface area contributed by atoms with Gasteiger partial charge in [-0.2, -0.15) is 0 Å². The summed E-state index contributed by atoms with van der Waals surface area (Å²) in [5.74, 6) is 0.404. The minimum atomic E-state index is -3.87. The van der Waals surface area contributed by atoms with Crippen LogP contribution in [0.5, 0.6) is 5.75 Å². The molecule has 0 aliphatic carbocycles. The topological polar surface area (TPSA) is 97.0 Å². The zero-order valence-electron chi connectivity index (χ0n) is 17.9. The van der Waals surface area contributed by atoms with Crippen LogP contribution in [-0.2, 0) is 19.6 Å². The Kier molecular flexibility index (Phi) is 8.89. The van der Waals surface area contributed by atoms with Crippen molar-refractivity contribution in [3.8, 4) is 5.75 Å². The molecule has 1 aliphatic heterocycles. The summed E-state index contributed by atoms with van der Waals surface area (Å²) in [6.45, 7) is 4.27. The van der Waals surface area contributed by atoms with Crippen molar-refractivity contribution in [1.82, 2.24) is 14.9 Å². The Labute approximate surface area is 193 Å². The zero-order valence-corrected chi connectivity index (χ0v) is 19.5. The third-order valence-electron chi connectivity index (χ3n) is 5.18. The lowest BCUT2D eigenvalue weighted by molar-refractivity contribution is -0.121. The summed E-state index contributed by atoms with van der Waals surface area (Å²) >= 11 is 5.87. The van der Waals surface area contributed by atoms with Crippen molar-refractivity contribution in [1.29, 1.82) is 0 Å². The highest BCUT2D eigenvalue weighted by Crippen LogP contribution is 2.23. The van der Waals surface area contributed by atoms with Gasteiger partial charge in [0.05, 0.1) is 31.3 Å². The zero-order chi connectivity index (χ0) is 23.0. The molecule has 8 nitrogen and oxygen atoms in total. The SMILES string of the molecule is COc1ccc([C@@H](CC(=O)NCCN2CCOCC2)NS(=O)(=O)c2ccc(Cl)cc2)cc1. The maximum atomic E-state index is 12.9. The second kappa shape index (κ2) is 11.6. The Bertz CT molecular complexity index is 978. The molecule has 0 saturated carbocycles. The molecule has 2 aromatic carbocycles. The van der Waals surface area contributed by atoms with Crippen LogP contribution in [0.3, 0.4) is 0 Å². The van der Waals surface area contributed by atoms with Gasteiger partial charge in [-0.25, -0.2) is 13.1 Å². The van der Waals surface area contributed by atoms with E-state index in [0.29, 0.717) is 36.1 Å². The van der Waals surface area contributed by atoms with Gasteiger partial charge < -0.3 is 14.8 Å². The summed E-state index contributed by atoms with van der Waals surface area (Å²) in [6, 6.07) is 12.1. The van der Waals surface area contributed by atoms with E-state index >= 15 is 0 Å². The third-order valence-corrected chi connectivity index (χ3v) is 6.92. The first-order valence-electron chi connectivity index (χ1n) is 10.4. The van der Waals surface area contributed by atoms with Gasteiger partial charge in [-0.1, -0.05) is 23.7 Å². The van der Waals surface area contributed by atoms with E-state index < -0.39 is 16.1 Å². The number of rotatable bonds is 10. The number of sulfonamides is 1. The molecule has 0 radical (unpaired) electrons. The van der Waals surface area contributed by atoms with E-state index in [1.165, 1.54) is 24.3 Å². The van der Waals surface area contributed by atoms with E-state index in [-0.39, 0.29) is 17.2 Å². The third kappa shape index (κ3) is 7.18. The van der Waals surface area contributed by atoms with Crippen molar-refractivity contribution in [3.63, 3.8) is 0 Å². The van der Waals surface area contributed by atoms with Crippen LogP contribution in [0.15, 0.2) is 53.4 Å². The average molecular weight is 482 g/mol. The molecule has 1 fully saturated rings. The highest BCUT2D eigenvalue weighted by molar-refractivity contribution is 7.89. The van der Waals surface area contributed by atoms with Gasteiger partial charge in [0, 0.05) is 37.6 Å². The fourth-order valence-corrected chi connectivity index (χ4v) is 4.72. The molecule has 2 aromatic rings. The Balaban J connectivity index is 1.68. The molecule has 1 saturated heterocycles. The Morgan fingerprint density at radius 2 is 1.78 bits per heavy atom. The molecule has 3 rings (SSSR count). The highest BCUT2D eigenvalue weighted by atomic mass is 35.5. The molecular weight excluding hydrogens is 454 g/mol. The van der Waals surface area contributed by atoms with E-state index in [1.807, 2.05) is 0 Å². The minimum Gasteiger partial charge on any atom is -0.497 e. The molecule has 1 aliphatic rings. The molecule has 1 amide bonds. The number of carbonyl (C=O) groups excluding carboxylic acids is 1. The Hall–Kier alpha value is -2.17. The number of morpholine rings is 1. The number of ether oxygens (including phenoxy) is 2. The lowest BCUT2D eigenvalue weighted by atomic mass is 10.0. The number of nitrogens with one attached hydrogen (secondary N) is 2. The van der Waals surface area contributed by atoms with E-state index in [1.54, 1.807) is 31.4 Å². The summed E-state index contributed by atoms with van der Waals surface area (Å²) in [6.07, 6.45) is -0.0394. The van der Waals surface area contributed by atoms with Crippen molar-refractivity contribution >= 4 is 27.5 Å². The number of hydrogen-bond acceptors (Lipinski definition) is 6. The standard InChI is InChI=1S/C22H28ClN3O5S/c1-30-19-6-2-17(3-7-19)21(25-32(28,29)20-8-4-18(23)5-9-20)16-22(27)24-10-11-26-12-14-31-15-13-26/h2-9,21,25H,10-16H2,1H3,(H,24,27)/t21-/m1/s1. The maximum Gasteiger partial charge on any atom is 0.241 e. The van der Waals surface area contributed by atoms with Crippen LogP contribution in [0.25, 0.3) is 0 Å². The minimum absolute atomic E-state index is 0.0394. The summed E-state index contributed by atoms with van der Waals surface area (Å²) in [5, 5.41) is 3.33. The fraction of sp³-hybridized carbons (Fsp3) is 0.409. The summed E-state index contributed by atoms with van der Waals surface area (Å²) in [5.41, 5.74) is 0.659. The van der Waals surface area contributed by atoms with Crippen LogP contribution in [0.1, 0.15) is 18.0 Å². The second-order valence-electron chi connectivity index (χ2n) is 7.41. The quantitative estimate of drug-likeness (QED) is 0.540. The first-order chi connectivity index (χ1) is 15.4. The van der Waals surface area contributed by atoms with Crippen molar-refractivity contribution in [2.75, 3.05) is 46.5 Å². The summed E-state index contributed by atoms with van der Waals surface area (Å²) in [4.78, 5) is 14.9. The number of methoxy groups -OCH3 is 1. The first kappa shape index (κ1) is 24.5. The number of benzene rings is 2. The molecule has 10 heteroatoms. The smallest absolute Gasteiger partial charge is 0.241 e.